The summed E-state index contributed by atoms with van der Waals surface area (Å²) in [4.78, 5) is 25.9. The molecule has 0 aliphatic heterocycles. The topological polar surface area (TPSA) is 121 Å². The number of nitrogens with one attached hydrogen (secondary N) is 3. The lowest BCUT2D eigenvalue weighted by molar-refractivity contribution is -0.113. The fraction of sp³-hybridized carbons (Fsp3) is 0.133. The summed E-state index contributed by atoms with van der Waals surface area (Å²) < 4.78 is 0. The molecule has 0 saturated carbocycles. The standard InChI is InChI=1S/C30H28N6O2/c1-20-10-8-11-21(2)27(20)34-29(37)24(16-31)18-33-36(26-14-6-5-7-15-26)19-25(17-32)30(38)35-28-22(3)12-9-13-23(28)4/h5-15,18-19,33H,1-4H3,(H,34,37)(H,35,38)/b24-18+,25-19+. The van der Waals surface area contributed by atoms with Gasteiger partial charge in [0, 0.05) is 17.6 Å². The minimum absolute atomic E-state index is 0.184. The number of carbonyl (C=O) groups is 2. The van der Waals surface area contributed by atoms with E-state index in [-0.39, 0.29) is 11.1 Å². The first-order valence-electron chi connectivity index (χ1n) is 11.8. The van der Waals surface area contributed by atoms with E-state index in [4.69, 9.17) is 0 Å². The van der Waals surface area contributed by atoms with Gasteiger partial charge in [0.2, 0.25) is 0 Å². The van der Waals surface area contributed by atoms with E-state index in [1.165, 1.54) is 17.4 Å². The van der Waals surface area contributed by atoms with Crippen molar-refractivity contribution in [2.24, 2.45) is 0 Å². The molecule has 0 saturated heterocycles. The summed E-state index contributed by atoms with van der Waals surface area (Å²) in [6, 6.07) is 24.0. The predicted octanol–water partition coefficient (Wildman–Crippen LogP) is 5.32. The molecule has 2 amide bonds. The molecule has 38 heavy (non-hydrogen) atoms. The van der Waals surface area contributed by atoms with Crippen LogP contribution in [0, 0.1) is 50.4 Å². The number of anilines is 3. The molecule has 0 unspecified atom stereocenters. The highest BCUT2D eigenvalue weighted by atomic mass is 16.2. The normalized spacial score (nSPS) is 11.1. The van der Waals surface area contributed by atoms with Crippen LogP contribution in [0.1, 0.15) is 22.3 Å². The maximum absolute atomic E-state index is 13.0. The summed E-state index contributed by atoms with van der Waals surface area (Å²) in [5, 5.41) is 26.4. The van der Waals surface area contributed by atoms with Gasteiger partial charge in [0.1, 0.15) is 23.3 Å². The van der Waals surface area contributed by atoms with Crippen LogP contribution < -0.4 is 21.1 Å². The van der Waals surface area contributed by atoms with Crippen LogP contribution in [0.15, 0.2) is 90.3 Å². The lowest BCUT2D eigenvalue weighted by Crippen LogP contribution is -2.32. The van der Waals surface area contributed by atoms with E-state index in [1.54, 1.807) is 24.3 Å². The lowest BCUT2D eigenvalue weighted by atomic mass is 10.1. The molecule has 0 fully saturated rings. The molecule has 190 valence electrons. The largest absolute Gasteiger partial charge is 0.321 e. The number of hydrogen-bond acceptors (Lipinski definition) is 6. The average molecular weight is 505 g/mol. The van der Waals surface area contributed by atoms with E-state index in [2.05, 4.69) is 16.1 Å². The number of carbonyl (C=O) groups excluding carboxylic acids is 2. The number of rotatable bonds is 8. The summed E-state index contributed by atoms with van der Waals surface area (Å²) >= 11 is 0. The van der Waals surface area contributed by atoms with Crippen molar-refractivity contribution in [2.45, 2.75) is 27.7 Å². The number of nitrogens with zero attached hydrogens (tertiary/aromatic N) is 3. The van der Waals surface area contributed by atoms with Crippen molar-refractivity contribution in [3.8, 4) is 12.1 Å². The molecule has 0 atom stereocenters. The zero-order valence-electron chi connectivity index (χ0n) is 21.7. The van der Waals surface area contributed by atoms with Crippen LogP contribution in [0.5, 0.6) is 0 Å². The van der Waals surface area contributed by atoms with Gasteiger partial charge in [0.25, 0.3) is 11.8 Å². The number of hydrazine groups is 1. The second-order valence-electron chi connectivity index (χ2n) is 8.60. The number of aryl methyl sites for hydroxylation is 4. The molecule has 0 aliphatic carbocycles. The van der Waals surface area contributed by atoms with Crippen LogP contribution in [0.3, 0.4) is 0 Å². The summed E-state index contributed by atoms with van der Waals surface area (Å²) in [5.74, 6) is -1.19. The third kappa shape index (κ3) is 6.66. The van der Waals surface area contributed by atoms with Gasteiger partial charge < -0.3 is 16.1 Å². The van der Waals surface area contributed by atoms with Crippen LogP contribution >= 0.6 is 0 Å². The van der Waals surface area contributed by atoms with Crippen molar-refractivity contribution in [3.05, 3.63) is 113 Å². The molecule has 0 aromatic heterocycles. The van der Waals surface area contributed by atoms with Gasteiger partial charge in [0.15, 0.2) is 0 Å². The molecule has 3 rings (SSSR count). The molecule has 0 radical (unpaired) electrons. The average Bonchev–Trinajstić information content (AvgIpc) is 2.91. The van der Waals surface area contributed by atoms with Gasteiger partial charge >= 0.3 is 0 Å². The number of hydrogen-bond donors (Lipinski definition) is 3. The lowest BCUT2D eigenvalue weighted by Gasteiger charge is -2.21. The van der Waals surface area contributed by atoms with Gasteiger partial charge in [-0.05, 0) is 62.1 Å². The summed E-state index contributed by atoms with van der Waals surface area (Å²) in [5.41, 5.74) is 7.79. The summed E-state index contributed by atoms with van der Waals surface area (Å²) in [6.07, 6.45) is 2.54. The van der Waals surface area contributed by atoms with Crippen molar-refractivity contribution in [1.82, 2.24) is 5.43 Å². The Morgan fingerprint density at radius 1 is 0.684 bits per heavy atom. The Balaban J connectivity index is 1.90. The summed E-state index contributed by atoms with van der Waals surface area (Å²) in [7, 11) is 0. The van der Waals surface area contributed by atoms with E-state index in [9.17, 15) is 20.1 Å². The molecule has 3 aromatic carbocycles. The SMILES string of the molecule is Cc1cccc(C)c1NC(=O)/C(C#N)=C/NN(/C=C(\C#N)C(=O)Nc1c(C)cccc1C)c1ccccc1. The van der Waals surface area contributed by atoms with Crippen molar-refractivity contribution >= 4 is 28.9 Å². The second kappa shape index (κ2) is 12.6. The predicted molar refractivity (Wildman–Crippen MR) is 149 cm³/mol. The van der Waals surface area contributed by atoms with Crippen molar-refractivity contribution in [1.29, 1.82) is 10.5 Å². The van der Waals surface area contributed by atoms with Gasteiger partial charge in [0.05, 0.1) is 11.9 Å². The van der Waals surface area contributed by atoms with Crippen molar-refractivity contribution in [3.63, 3.8) is 0 Å². The van der Waals surface area contributed by atoms with Crippen molar-refractivity contribution < 1.29 is 9.59 Å². The number of nitriles is 2. The van der Waals surface area contributed by atoms with Crippen LogP contribution in [0.2, 0.25) is 0 Å². The molecular formula is C30H28N6O2. The molecule has 0 heterocycles. The Morgan fingerprint density at radius 2 is 1.13 bits per heavy atom. The minimum Gasteiger partial charge on any atom is -0.321 e. The highest BCUT2D eigenvalue weighted by molar-refractivity contribution is 6.08. The molecule has 3 N–H and O–H groups in total. The van der Waals surface area contributed by atoms with Crippen LogP contribution in [-0.2, 0) is 9.59 Å². The van der Waals surface area contributed by atoms with Crippen LogP contribution in [0.25, 0.3) is 0 Å². The smallest absolute Gasteiger partial charge is 0.267 e. The fourth-order valence-corrected chi connectivity index (χ4v) is 3.71. The van der Waals surface area contributed by atoms with Gasteiger partial charge in [-0.25, -0.2) is 0 Å². The Hall–Kier alpha value is -5.34. The molecule has 0 aliphatic rings. The van der Waals surface area contributed by atoms with E-state index < -0.39 is 11.8 Å². The maximum Gasteiger partial charge on any atom is 0.267 e. The highest BCUT2D eigenvalue weighted by Crippen LogP contribution is 2.22. The van der Waals surface area contributed by atoms with Gasteiger partial charge in [-0.15, -0.1) is 0 Å². The third-order valence-electron chi connectivity index (χ3n) is 5.81. The Bertz CT molecular complexity index is 1450. The molecule has 8 nitrogen and oxygen atoms in total. The Kier molecular flexibility index (Phi) is 9.01. The first-order chi connectivity index (χ1) is 18.2. The van der Waals surface area contributed by atoms with Crippen molar-refractivity contribution in [2.75, 3.05) is 15.6 Å². The van der Waals surface area contributed by atoms with Gasteiger partial charge in [-0.1, -0.05) is 54.6 Å². The van der Waals surface area contributed by atoms with Gasteiger partial charge in [-0.3, -0.25) is 14.6 Å². The number of benzene rings is 3. The second-order valence-corrected chi connectivity index (χ2v) is 8.60. The first kappa shape index (κ1) is 27.3. The molecule has 0 bridgehead atoms. The summed E-state index contributed by atoms with van der Waals surface area (Å²) in [6.45, 7) is 7.47. The minimum atomic E-state index is -0.595. The maximum atomic E-state index is 13.0. The van der Waals surface area contributed by atoms with E-state index in [0.717, 1.165) is 22.3 Å². The zero-order valence-corrected chi connectivity index (χ0v) is 21.7. The van der Waals surface area contributed by atoms with Crippen LogP contribution in [-0.4, -0.2) is 11.8 Å². The molecule has 0 spiro atoms. The third-order valence-corrected chi connectivity index (χ3v) is 5.81. The zero-order chi connectivity index (χ0) is 27.7. The number of amides is 2. The Morgan fingerprint density at radius 3 is 1.58 bits per heavy atom. The highest BCUT2D eigenvalue weighted by Gasteiger charge is 2.16. The quantitative estimate of drug-likeness (QED) is 0.217. The Labute approximate surface area is 222 Å². The van der Waals surface area contributed by atoms with E-state index >= 15 is 0 Å². The van der Waals surface area contributed by atoms with E-state index in [1.807, 2.05) is 82.3 Å². The molecule has 3 aromatic rings. The molecule has 8 heteroatoms. The molecular weight excluding hydrogens is 476 g/mol. The monoisotopic (exact) mass is 504 g/mol. The first-order valence-corrected chi connectivity index (χ1v) is 11.8. The van der Waals surface area contributed by atoms with Crippen LogP contribution in [0.4, 0.5) is 17.1 Å². The van der Waals surface area contributed by atoms with E-state index in [0.29, 0.717) is 17.1 Å². The number of para-hydroxylation sites is 3. The fourth-order valence-electron chi connectivity index (χ4n) is 3.71. The van der Waals surface area contributed by atoms with Gasteiger partial charge in [-0.2, -0.15) is 10.5 Å².